The van der Waals surface area contributed by atoms with Crippen molar-refractivity contribution in [2.75, 3.05) is 0 Å². The van der Waals surface area contributed by atoms with Crippen molar-refractivity contribution in [2.45, 2.75) is 31.3 Å². The van der Waals surface area contributed by atoms with Gasteiger partial charge in [0.25, 0.3) is 10.0 Å². The molecule has 102 valence electrons. The lowest BCUT2D eigenvalue weighted by Crippen LogP contribution is -2.33. The van der Waals surface area contributed by atoms with E-state index in [1.807, 2.05) is 4.89 Å². The van der Waals surface area contributed by atoms with E-state index < -0.39 is 15.6 Å². The van der Waals surface area contributed by atoms with E-state index in [1.165, 1.54) is 12.1 Å². The van der Waals surface area contributed by atoms with Crippen LogP contribution in [-0.4, -0.2) is 14.0 Å². The van der Waals surface area contributed by atoms with E-state index in [9.17, 15) is 8.42 Å². The van der Waals surface area contributed by atoms with Crippen LogP contribution in [-0.2, 0) is 14.9 Å². The topological polar surface area (TPSA) is 55.4 Å². The minimum absolute atomic E-state index is 0.0133. The molecule has 0 spiro atoms. The Morgan fingerprint density at radius 2 is 1.67 bits per heavy atom. The summed E-state index contributed by atoms with van der Waals surface area (Å²) in [7, 11) is -3.93. The predicted octanol–water partition coefficient (Wildman–Crippen LogP) is 3.76. The molecule has 0 aliphatic carbocycles. The van der Waals surface area contributed by atoms with Gasteiger partial charge in [-0.05, 0) is 32.9 Å². The van der Waals surface area contributed by atoms with E-state index in [0.717, 1.165) is 0 Å². The lowest BCUT2D eigenvalue weighted by atomic mass is 10.2. The highest BCUT2D eigenvalue weighted by Crippen LogP contribution is 2.32. The van der Waals surface area contributed by atoms with Crippen molar-refractivity contribution in [3.63, 3.8) is 0 Å². The maximum atomic E-state index is 12.0. The molecule has 1 aromatic carbocycles. The number of hydrogen-bond acceptors (Lipinski definition) is 3. The maximum absolute atomic E-state index is 12.0. The molecule has 0 saturated carbocycles. The molecule has 4 nitrogen and oxygen atoms in total. The van der Waals surface area contributed by atoms with E-state index in [1.54, 1.807) is 20.8 Å². The van der Waals surface area contributed by atoms with Gasteiger partial charge in [-0.25, -0.2) is 8.42 Å². The van der Waals surface area contributed by atoms with Crippen LogP contribution in [0.4, 0.5) is 0 Å². The van der Waals surface area contributed by atoms with E-state index in [4.69, 9.17) is 28.0 Å². The second-order valence-corrected chi connectivity index (χ2v) is 7.81. The second-order valence-electron chi connectivity index (χ2n) is 4.50. The van der Waals surface area contributed by atoms with Crippen molar-refractivity contribution >= 4 is 49.2 Å². The third kappa shape index (κ3) is 4.36. The van der Waals surface area contributed by atoms with Crippen LogP contribution < -0.4 is 4.89 Å². The highest BCUT2D eigenvalue weighted by Gasteiger charge is 2.25. The first-order chi connectivity index (χ1) is 8.03. The molecule has 0 bridgehead atoms. The number of nitrogens with one attached hydrogen (secondary N) is 1. The third-order valence-corrected chi connectivity index (χ3v) is 4.25. The SMILES string of the molecule is CC(C)(C)ONS(=O)(=O)c1c(Cl)cc(Br)cc1Cl. The Labute approximate surface area is 125 Å². The van der Waals surface area contributed by atoms with E-state index in [2.05, 4.69) is 15.9 Å². The summed E-state index contributed by atoms with van der Waals surface area (Å²) in [6.07, 6.45) is 0. The molecule has 0 radical (unpaired) electrons. The van der Waals surface area contributed by atoms with Gasteiger partial charge in [0.15, 0.2) is 0 Å². The highest BCUT2D eigenvalue weighted by atomic mass is 79.9. The summed E-state index contributed by atoms with van der Waals surface area (Å²) < 4.78 is 24.6. The van der Waals surface area contributed by atoms with Gasteiger partial charge in [0, 0.05) is 4.47 Å². The zero-order chi connectivity index (χ0) is 14.1. The number of halogens is 3. The Balaban J connectivity index is 3.14. The molecule has 0 saturated heterocycles. The Kier molecular flexibility index (Phi) is 5.08. The molecule has 0 aliphatic rings. The Hall–Kier alpha value is 0.150. The van der Waals surface area contributed by atoms with E-state index in [0.29, 0.717) is 4.47 Å². The average Bonchev–Trinajstić information content (AvgIpc) is 2.11. The fourth-order valence-corrected chi connectivity index (χ4v) is 3.90. The summed E-state index contributed by atoms with van der Waals surface area (Å²) >= 11 is 14.9. The molecule has 0 heterocycles. The van der Waals surface area contributed by atoms with Gasteiger partial charge in [-0.2, -0.15) is 0 Å². The minimum atomic E-state index is -3.93. The molecule has 0 unspecified atom stereocenters. The van der Waals surface area contributed by atoms with Crippen LogP contribution in [0.2, 0.25) is 10.0 Å². The van der Waals surface area contributed by atoms with Crippen molar-refractivity contribution < 1.29 is 13.3 Å². The maximum Gasteiger partial charge on any atom is 0.265 e. The zero-order valence-corrected chi connectivity index (χ0v) is 13.8. The zero-order valence-electron chi connectivity index (χ0n) is 9.92. The van der Waals surface area contributed by atoms with Crippen molar-refractivity contribution in [3.05, 3.63) is 26.7 Å². The standard InChI is InChI=1S/C10H12BrCl2NO3S/c1-10(2,3)17-14-18(15,16)9-7(12)4-6(11)5-8(9)13/h4-5,14H,1-3H3. The second kappa shape index (κ2) is 5.64. The molecular weight excluding hydrogens is 365 g/mol. The summed E-state index contributed by atoms with van der Waals surface area (Å²) in [5.41, 5.74) is -0.665. The first-order valence-corrected chi connectivity index (χ1v) is 7.90. The first kappa shape index (κ1) is 16.2. The van der Waals surface area contributed by atoms with Gasteiger partial charge in [-0.1, -0.05) is 44.0 Å². The van der Waals surface area contributed by atoms with Crippen LogP contribution in [0.3, 0.4) is 0 Å². The third-order valence-electron chi connectivity index (χ3n) is 1.69. The van der Waals surface area contributed by atoms with E-state index >= 15 is 0 Å². The Bertz CT molecular complexity index is 532. The summed E-state index contributed by atoms with van der Waals surface area (Å²) in [5.74, 6) is 0. The largest absolute Gasteiger partial charge is 0.281 e. The molecule has 0 aliphatic heterocycles. The number of rotatable bonds is 3. The molecule has 0 atom stereocenters. The van der Waals surface area contributed by atoms with Gasteiger partial charge in [-0.15, -0.1) is 0 Å². The van der Waals surface area contributed by atoms with Crippen LogP contribution in [0.25, 0.3) is 0 Å². The molecular formula is C10H12BrCl2NO3S. The lowest BCUT2D eigenvalue weighted by Gasteiger charge is -2.19. The van der Waals surface area contributed by atoms with Crippen LogP contribution in [0, 0.1) is 0 Å². The van der Waals surface area contributed by atoms with Crippen LogP contribution in [0.5, 0.6) is 0 Å². The summed E-state index contributed by atoms with van der Waals surface area (Å²) in [6.45, 7) is 5.13. The lowest BCUT2D eigenvalue weighted by molar-refractivity contribution is -0.0357. The van der Waals surface area contributed by atoms with Gasteiger partial charge in [0.1, 0.15) is 4.90 Å². The molecule has 8 heteroatoms. The summed E-state index contributed by atoms with van der Waals surface area (Å²) in [5, 5.41) is 0.0266. The van der Waals surface area contributed by atoms with E-state index in [-0.39, 0.29) is 14.9 Å². The average molecular weight is 377 g/mol. The fourth-order valence-electron chi connectivity index (χ4n) is 1.01. The normalized spacial score (nSPS) is 12.8. The van der Waals surface area contributed by atoms with Crippen LogP contribution in [0.15, 0.2) is 21.5 Å². The van der Waals surface area contributed by atoms with Gasteiger partial charge in [0.2, 0.25) is 0 Å². The quantitative estimate of drug-likeness (QED) is 0.817. The molecule has 1 rings (SSSR count). The van der Waals surface area contributed by atoms with Gasteiger partial charge in [-0.3, -0.25) is 4.84 Å². The fraction of sp³-hybridized carbons (Fsp3) is 0.400. The molecule has 1 N–H and O–H groups in total. The predicted molar refractivity (Wildman–Crippen MR) is 75.3 cm³/mol. The van der Waals surface area contributed by atoms with Crippen molar-refractivity contribution in [3.8, 4) is 0 Å². The Morgan fingerprint density at radius 3 is 2.06 bits per heavy atom. The number of sulfonamides is 1. The molecule has 0 fully saturated rings. The minimum Gasteiger partial charge on any atom is -0.281 e. The van der Waals surface area contributed by atoms with Gasteiger partial charge >= 0.3 is 0 Å². The smallest absolute Gasteiger partial charge is 0.265 e. The first-order valence-electron chi connectivity index (χ1n) is 4.87. The summed E-state index contributed by atoms with van der Waals surface area (Å²) in [4.78, 5) is 6.82. The van der Waals surface area contributed by atoms with Crippen molar-refractivity contribution in [2.24, 2.45) is 0 Å². The van der Waals surface area contributed by atoms with Crippen molar-refractivity contribution in [1.29, 1.82) is 0 Å². The van der Waals surface area contributed by atoms with Crippen LogP contribution in [0.1, 0.15) is 20.8 Å². The Morgan fingerprint density at radius 1 is 1.22 bits per heavy atom. The van der Waals surface area contributed by atoms with Gasteiger partial charge < -0.3 is 0 Å². The van der Waals surface area contributed by atoms with Crippen LogP contribution >= 0.6 is 39.1 Å². The number of hydrogen-bond donors (Lipinski definition) is 1. The highest BCUT2D eigenvalue weighted by molar-refractivity contribution is 9.10. The number of benzene rings is 1. The molecule has 1 aromatic rings. The molecule has 0 aromatic heterocycles. The summed E-state index contributed by atoms with van der Waals surface area (Å²) in [6, 6.07) is 2.89. The molecule has 0 amide bonds. The van der Waals surface area contributed by atoms with Gasteiger partial charge in [0.05, 0.1) is 15.6 Å². The monoisotopic (exact) mass is 375 g/mol. The van der Waals surface area contributed by atoms with Crippen molar-refractivity contribution in [1.82, 2.24) is 4.89 Å². The molecule has 18 heavy (non-hydrogen) atoms.